The van der Waals surface area contributed by atoms with Crippen LogP contribution in [0.4, 0.5) is 0 Å². The highest BCUT2D eigenvalue weighted by molar-refractivity contribution is 4.91. The molecule has 118 valence electrons. The van der Waals surface area contributed by atoms with Crippen LogP contribution >= 0.6 is 0 Å². The third-order valence-electron chi connectivity index (χ3n) is 5.14. The molecule has 0 radical (unpaired) electrons. The van der Waals surface area contributed by atoms with Gasteiger partial charge in [-0.25, -0.2) is 4.98 Å². The number of rotatable bonds is 7. The molecule has 0 amide bonds. The lowest BCUT2D eigenvalue weighted by Gasteiger charge is -2.25. The lowest BCUT2D eigenvalue weighted by molar-refractivity contribution is 0.289. The van der Waals surface area contributed by atoms with Gasteiger partial charge in [0.15, 0.2) is 0 Å². The van der Waals surface area contributed by atoms with Crippen LogP contribution in [0.5, 0.6) is 0 Å². The van der Waals surface area contributed by atoms with E-state index in [9.17, 15) is 0 Å². The Kier molecular flexibility index (Phi) is 5.28. The fourth-order valence-corrected chi connectivity index (χ4v) is 3.68. The Morgan fingerprint density at radius 2 is 1.95 bits per heavy atom. The molecule has 2 fully saturated rings. The number of aryl methyl sites for hydroxylation is 1. The molecule has 1 N–H and O–H groups in total. The van der Waals surface area contributed by atoms with E-state index in [1.165, 1.54) is 57.3 Å². The molecule has 0 aromatic carbocycles. The Bertz CT molecular complexity index is 424. The summed E-state index contributed by atoms with van der Waals surface area (Å²) < 4.78 is 2.12. The van der Waals surface area contributed by atoms with Crippen molar-refractivity contribution in [2.75, 3.05) is 6.54 Å². The summed E-state index contributed by atoms with van der Waals surface area (Å²) in [6.07, 6.45) is 13.8. The van der Waals surface area contributed by atoms with Crippen LogP contribution in [0.25, 0.3) is 0 Å². The van der Waals surface area contributed by atoms with Crippen molar-refractivity contribution in [2.45, 2.75) is 77.3 Å². The molecule has 0 saturated heterocycles. The maximum Gasteiger partial charge on any atom is 0.138 e. The lowest BCUT2D eigenvalue weighted by atomic mass is 9.85. The number of aromatic nitrogens is 3. The molecule has 0 spiro atoms. The summed E-state index contributed by atoms with van der Waals surface area (Å²) in [5, 5.41) is 8.15. The van der Waals surface area contributed by atoms with Gasteiger partial charge in [0.25, 0.3) is 0 Å². The van der Waals surface area contributed by atoms with Gasteiger partial charge in [0.1, 0.15) is 12.2 Å². The Labute approximate surface area is 128 Å². The normalized spacial score (nSPS) is 26.7. The largest absolute Gasteiger partial charge is 0.314 e. The number of nitrogens with zero attached hydrogens (tertiary/aromatic N) is 3. The van der Waals surface area contributed by atoms with E-state index < -0.39 is 0 Å². The van der Waals surface area contributed by atoms with Crippen molar-refractivity contribution < 1.29 is 0 Å². The lowest BCUT2D eigenvalue weighted by Crippen LogP contribution is -2.30. The quantitative estimate of drug-likeness (QED) is 0.784. The Morgan fingerprint density at radius 3 is 2.71 bits per heavy atom. The summed E-state index contributed by atoms with van der Waals surface area (Å²) in [5.74, 6) is 2.83. The molecule has 1 heterocycles. The van der Waals surface area contributed by atoms with Gasteiger partial charge in [0, 0.05) is 19.0 Å². The third-order valence-corrected chi connectivity index (χ3v) is 5.14. The summed E-state index contributed by atoms with van der Waals surface area (Å²) in [6, 6.07) is 0.831. The first-order chi connectivity index (χ1) is 10.4. The van der Waals surface area contributed by atoms with Crippen LogP contribution in [0.2, 0.25) is 0 Å². The zero-order chi connectivity index (χ0) is 14.5. The molecule has 4 heteroatoms. The van der Waals surface area contributed by atoms with E-state index in [2.05, 4.69) is 27.0 Å². The first-order valence-corrected chi connectivity index (χ1v) is 8.97. The zero-order valence-corrected chi connectivity index (χ0v) is 13.4. The predicted octanol–water partition coefficient (Wildman–Crippen LogP) is 3.18. The number of nitrogens with one attached hydrogen (secondary N) is 1. The van der Waals surface area contributed by atoms with Crippen LogP contribution in [0.1, 0.15) is 64.1 Å². The van der Waals surface area contributed by atoms with Crippen LogP contribution in [-0.4, -0.2) is 27.4 Å². The molecule has 2 aliphatic rings. The van der Waals surface area contributed by atoms with Gasteiger partial charge in [-0.2, -0.15) is 5.10 Å². The van der Waals surface area contributed by atoms with Crippen molar-refractivity contribution in [1.82, 2.24) is 20.1 Å². The molecular formula is C17H30N4. The smallest absolute Gasteiger partial charge is 0.138 e. The van der Waals surface area contributed by atoms with E-state index in [1.54, 1.807) is 6.33 Å². The van der Waals surface area contributed by atoms with E-state index in [4.69, 9.17) is 0 Å². The molecule has 2 unspecified atom stereocenters. The molecule has 21 heavy (non-hydrogen) atoms. The topological polar surface area (TPSA) is 42.7 Å². The summed E-state index contributed by atoms with van der Waals surface area (Å²) in [7, 11) is 0. The van der Waals surface area contributed by atoms with Crippen molar-refractivity contribution in [2.24, 2.45) is 11.8 Å². The summed E-state index contributed by atoms with van der Waals surface area (Å²) in [6.45, 7) is 4.43. The SMILES string of the molecule is CCCn1ncnc1CC1CCCCCC1CNC1CC1. The van der Waals surface area contributed by atoms with Crippen molar-refractivity contribution in [3.8, 4) is 0 Å². The van der Waals surface area contributed by atoms with Gasteiger partial charge in [-0.15, -0.1) is 0 Å². The zero-order valence-electron chi connectivity index (χ0n) is 13.4. The molecule has 2 aliphatic carbocycles. The summed E-state index contributed by atoms with van der Waals surface area (Å²) >= 11 is 0. The minimum Gasteiger partial charge on any atom is -0.314 e. The standard InChI is InChI=1S/C17H30N4/c1-2-10-21-17(19-13-20-21)11-14-6-4-3-5-7-15(14)12-18-16-8-9-16/h13-16,18H,2-12H2,1H3. The maximum absolute atomic E-state index is 4.53. The monoisotopic (exact) mass is 290 g/mol. The van der Waals surface area contributed by atoms with Gasteiger partial charge in [0.2, 0.25) is 0 Å². The predicted molar refractivity (Wildman–Crippen MR) is 85.1 cm³/mol. The second-order valence-electron chi connectivity index (χ2n) is 6.94. The van der Waals surface area contributed by atoms with E-state index in [0.717, 1.165) is 37.3 Å². The van der Waals surface area contributed by atoms with Gasteiger partial charge >= 0.3 is 0 Å². The number of hydrogen-bond acceptors (Lipinski definition) is 3. The highest BCUT2D eigenvalue weighted by atomic mass is 15.3. The highest BCUT2D eigenvalue weighted by Gasteiger charge is 2.28. The van der Waals surface area contributed by atoms with E-state index in [-0.39, 0.29) is 0 Å². The Morgan fingerprint density at radius 1 is 1.14 bits per heavy atom. The molecule has 4 nitrogen and oxygen atoms in total. The first kappa shape index (κ1) is 15.0. The first-order valence-electron chi connectivity index (χ1n) is 8.97. The van der Waals surface area contributed by atoms with Gasteiger partial charge in [0.05, 0.1) is 0 Å². The van der Waals surface area contributed by atoms with Crippen LogP contribution in [-0.2, 0) is 13.0 Å². The maximum atomic E-state index is 4.53. The molecule has 0 bridgehead atoms. The minimum atomic E-state index is 0.790. The Balaban J connectivity index is 1.61. The average molecular weight is 290 g/mol. The second-order valence-corrected chi connectivity index (χ2v) is 6.94. The fourth-order valence-electron chi connectivity index (χ4n) is 3.68. The highest BCUT2D eigenvalue weighted by Crippen LogP contribution is 2.31. The van der Waals surface area contributed by atoms with Gasteiger partial charge in [-0.3, -0.25) is 4.68 Å². The van der Waals surface area contributed by atoms with Crippen molar-refractivity contribution in [1.29, 1.82) is 0 Å². The second kappa shape index (κ2) is 7.39. The average Bonchev–Trinajstić information content (AvgIpc) is 3.24. The molecule has 1 aromatic rings. The van der Waals surface area contributed by atoms with Crippen LogP contribution in [0, 0.1) is 11.8 Å². The van der Waals surface area contributed by atoms with E-state index >= 15 is 0 Å². The number of hydrogen-bond donors (Lipinski definition) is 1. The van der Waals surface area contributed by atoms with E-state index in [1.807, 2.05) is 0 Å². The fraction of sp³-hybridized carbons (Fsp3) is 0.882. The molecule has 0 aliphatic heterocycles. The molecular weight excluding hydrogens is 260 g/mol. The summed E-state index contributed by atoms with van der Waals surface area (Å²) in [4.78, 5) is 4.53. The van der Waals surface area contributed by atoms with Crippen LogP contribution in [0.3, 0.4) is 0 Å². The molecule has 2 atom stereocenters. The Hall–Kier alpha value is -0.900. The van der Waals surface area contributed by atoms with Crippen LogP contribution in [0.15, 0.2) is 6.33 Å². The van der Waals surface area contributed by atoms with Crippen molar-refractivity contribution >= 4 is 0 Å². The molecule has 3 rings (SSSR count). The van der Waals surface area contributed by atoms with Gasteiger partial charge in [-0.05, 0) is 50.5 Å². The molecule has 1 aromatic heterocycles. The van der Waals surface area contributed by atoms with E-state index in [0.29, 0.717) is 0 Å². The van der Waals surface area contributed by atoms with Crippen molar-refractivity contribution in [3.63, 3.8) is 0 Å². The minimum absolute atomic E-state index is 0.790. The van der Waals surface area contributed by atoms with Gasteiger partial charge < -0.3 is 5.32 Å². The summed E-state index contributed by atoms with van der Waals surface area (Å²) in [5.41, 5.74) is 0. The third kappa shape index (κ3) is 4.29. The molecule has 2 saturated carbocycles. The van der Waals surface area contributed by atoms with Gasteiger partial charge in [-0.1, -0.05) is 26.2 Å². The van der Waals surface area contributed by atoms with Crippen LogP contribution < -0.4 is 5.32 Å². The van der Waals surface area contributed by atoms with Crippen molar-refractivity contribution in [3.05, 3.63) is 12.2 Å².